The summed E-state index contributed by atoms with van der Waals surface area (Å²) in [5, 5.41) is 19.2. The predicted molar refractivity (Wildman–Crippen MR) is 77.0 cm³/mol. The highest BCUT2D eigenvalue weighted by Gasteiger charge is 2.11. The van der Waals surface area contributed by atoms with Crippen molar-refractivity contribution in [3.63, 3.8) is 0 Å². The van der Waals surface area contributed by atoms with E-state index in [1.54, 1.807) is 18.3 Å². The van der Waals surface area contributed by atoms with Crippen LogP contribution in [0.25, 0.3) is 10.9 Å². The van der Waals surface area contributed by atoms with Crippen molar-refractivity contribution in [3.8, 4) is 6.07 Å². The van der Waals surface area contributed by atoms with E-state index >= 15 is 0 Å². The number of aromatic nitrogens is 2. The maximum atomic E-state index is 11.2. The molecule has 0 amide bonds. The van der Waals surface area contributed by atoms with Gasteiger partial charge in [-0.2, -0.15) is 5.26 Å². The molecule has 1 aromatic carbocycles. The molecule has 0 fully saturated rings. The van der Waals surface area contributed by atoms with Crippen LogP contribution < -0.4 is 0 Å². The van der Waals surface area contributed by atoms with Crippen molar-refractivity contribution in [2.24, 2.45) is 0 Å². The highest BCUT2D eigenvalue weighted by molar-refractivity contribution is 5.89. The Kier molecular flexibility index (Phi) is 3.13. The van der Waals surface area contributed by atoms with Gasteiger partial charge in [0.15, 0.2) is 0 Å². The topological polar surface area (TPSA) is 78.9 Å². The molecule has 0 aliphatic carbocycles. The van der Waals surface area contributed by atoms with E-state index in [4.69, 9.17) is 5.26 Å². The first-order valence-corrected chi connectivity index (χ1v) is 6.34. The quantitative estimate of drug-likeness (QED) is 0.798. The minimum atomic E-state index is -0.971. The summed E-state index contributed by atoms with van der Waals surface area (Å²) in [5.41, 5.74) is 2.34. The SMILES string of the molecule is N#Cc1ccc2ccn(Cc3cnccc3C(=O)O)c2c1. The smallest absolute Gasteiger partial charge is 0.336 e. The van der Waals surface area contributed by atoms with Crippen LogP contribution in [0.2, 0.25) is 0 Å². The van der Waals surface area contributed by atoms with Crippen LogP contribution in [-0.4, -0.2) is 20.6 Å². The molecular formula is C16H11N3O2. The van der Waals surface area contributed by atoms with E-state index in [9.17, 15) is 9.90 Å². The zero-order chi connectivity index (χ0) is 14.8. The van der Waals surface area contributed by atoms with Crippen molar-refractivity contribution < 1.29 is 9.90 Å². The first-order valence-electron chi connectivity index (χ1n) is 6.34. The van der Waals surface area contributed by atoms with E-state index in [0.717, 1.165) is 10.9 Å². The van der Waals surface area contributed by atoms with E-state index in [1.165, 1.54) is 12.3 Å². The van der Waals surface area contributed by atoms with E-state index in [1.807, 2.05) is 22.9 Å². The van der Waals surface area contributed by atoms with Gasteiger partial charge >= 0.3 is 5.97 Å². The van der Waals surface area contributed by atoms with Gasteiger partial charge in [-0.1, -0.05) is 6.07 Å². The van der Waals surface area contributed by atoms with E-state index in [-0.39, 0.29) is 5.56 Å². The molecule has 2 heterocycles. The molecule has 0 aliphatic rings. The highest BCUT2D eigenvalue weighted by atomic mass is 16.4. The summed E-state index contributed by atoms with van der Waals surface area (Å²) in [5.74, 6) is -0.971. The summed E-state index contributed by atoms with van der Waals surface area (Å²) in [4.78, 5) is 15.2. The fraction of sp³-hybridized carbons (Fsp3) is 0.0625. The van der Waals surface area contributed by atoms with Crippen LogP contribution in [-0.2, 0) is 6.54 Å². The molecule has 0 saturated heterocycles. The molecule has 102 valence electrons. The number of carboxylic acid groups (broad SMARTS) is 1. The van der Waals surface area contributed by atoms with Crippen LogP contribution in [0.15, 0.2) is 48.9 Å². The lowest BCUT2D eigenvalue weighted by Crippen LogP contribution is -2.07. The molecule has 0 bridgehead atoms. The Morgan fingerprint density at radius 2 is 2.19 bits per heavy atom. The van der Waals surface area contributed by atoms with Crippen molar-refractivity contribution in [1.82, 2.24) is 9.55 Å². The number of fused-ring (bicyclic) bond motifs is 1. The number of hydrogen-bond donors (Lipinski definition) is 1. The Labute approximate surface area is 120 Å². The summed E-state index contributed by atoms with van der Waals surface area (Å²) in [6, 6.07) is 11.0. The number of nitrogens with zero attached hydrogens (tertiary/aromatic N) is 3. The minimum absolute atomic E-state index is 0.239. The molecule has 3 aromatic rings. The number of rotatable bonds is 3. The monoisotopic (exact) mass is 277 g/mol. The zero-order valence-corrected chi connectivity index (χ0v) is 11.0. The Hall–Kier alpha value is -3.13. The second-order valence-electron chi connectivity index (χ2n) is 4.67. The van der Waals surface area contributed by atoms with Gasteiger partial charge in [-0.3, -0.25) is 4.98 Å². The number of carboxylic acids is 1. The van der Waals surface area contributed by atoms with Crippen molar-refractivity contribution in [1.29, 1.82) is 5.26 Å². The highest BCUT2D eigenvalue weighted by Crippen LogP contribution is 2.19. The van der Waals surface area contributed by atoms with Gasteiger partial charge in [0.2, 0.25) is 0 Å². The fourth-order valence-corrected chi connectivity index (χ4v) is 2.34. The molecule has 5 nitrogen and oxygen atoms in total. The zero-order valence-electron chi connectivity index (χ0n) is 11.0. The Morgan fingerprint density at radius 1 is 1.33 bits per heavy atom. The van der Waals surface area contributed by atoms with Crippen molar-refractivity contribution in [3.05, 3.63) is 65.6 Å². The summed E-state index contributed by atoms with van der Waals surface area (Å²) in [7, 11) is 0. The van der Waals surface area contributed by atoms with Gasteiger partial charge in [-0.15, -0.1) is 0 Å². The van der Waals surface area contributed by atoms with Gasteiger partial charge in [0, 0.05) is 36.2 Å². The maximum Gasteiger partial charge on any atom is 0.336 e. The van der Waals surface area contributed by atoms with Gasteiger partial charge in [0.1, 0.15) is 0 Å². The first kappa shape index (κ1) is 12.9. The maximum absolute atomic E-state index is 11.2. The number of aromatic carboxylic acids is 1. The summed E-state index contributed by atoms with van der Waals surface area (Å²) < 4.78 is 1.92. The summed E-state index contributed by atoms with van der Waals surface area (Å²) in [6.07, 6.45) is 4.91. The van der Waals surface area contributed by atoms with Crippen LogP contribution in [0.4, 0.5) is 0 Å². The molecule has 5 heteroatoms. The lowest BCUT2D eigenvalue weighted by atomic mass is 10.1. The molecule has 2 aromatic heterocycles. The molecule has 0 radical (unpaired) electrons. The van der Waals surface area contributed by atoms with Gasteiger partial charge < -0.3 is 9.67 Å². The molecule has 3 rings (SSSR count). The Balaban J connectivity index is 2.07. The number of benzene rings is 1. The average Bonchev–Trinajstić information content (AvgIpc) is 2.90. The molecular weight excluding hydrogens is 266 g/mol. The van der Waals surface area contributed by atoms with Crippen LogP contribution >= 0.6 is 0 Å². The van der Waals surface area contributed by atoms with Gasteiger partial charge in [0.25, 0.3) is 0 Å². The lowest BCUT2D eigenvalue weighted by molar-refractivity contribution is 0.0695. The summed E-state index contributed by atoms with van der Waals surface area (Å²) >= 11 is 0. The molecule has 0 aliphatic heterocycles. The molecule has 0 spiro atoms. The van der Waals surface area contributed by atoms with Crippen molar-refractivity contribution >= 4 is 16.9 Å². The number of pyridine rings is 1. The molecule has 21 heavy (non-hydrogen) atoms. The second-order valence-corrected chi connectivity index (χ2v) is 4.67. The van der Waals surface area contributed by atoms with Crippen LogP contribution in [0.5, 0.6) is 0 Å². The molecule has 0 atom stereocenters. The molecule has 0 saturated carbocycles. The van der Waals surface area contributed by atoms with Gasteiger partial charge in [0.05, 0.1) is 17.2 Å². The normalized spacial score (nSPS) is 10.4. The van der Waals surface area contributed by atoms with E-state index < -0.39 is 5.97 Å². The predicted octanol–water partition coefficient (Wildman–Crippen LogP) is 2.65. The largest absolute Gasteiger partial charge is 0.478 e. The lowest BCUT2D eigenvalue weighted by Gasteiger charge is -2.08. The third-order valence-electron chi connectivity index (χ3n) is 3.38. The second kappa shape index (κ2) is 5.10. The van der Waals surface area contributed by atoms with Gasteiger partial charge in [-0.05, 0) is 29.7 Å². The fourth-order valence-electron chi connectivity index (χ4n) is 2.34. The minimum Gasteiger partial charge on any atom is -0.478 e. The number of nitriles is 1. The third-order valence-corrected chi connectivity index (χ3v) is 3.38. The van der Waals surface area contributed by atoms with Crippen LogP contribution in [0.1, 0.15) is 21.5 Å². The van der Waals surface area contributed by atoms with Crippen molar-refractivity contribution in [2.75, 3.05) is 0 Å². The number of hydrogen-bond acceptors (Lipinski definition) is 3. The summed E-state index contributed by atoms with van der Waals surface area (Å²) in [6.45, 7) is 0.397. The Morgan fingerprint density at radius 3 is 2.95 bits per heavy atom. The van der Waals surface area contributed by atoms with E-state index in [0.29, 0.717) is 17.7 Å². The Bertz CT molecular complexity index is 875. The van der Waals surface area contributed by atoms with Gasteiger partial charge in [-0.25, -0.2) is 4.79 Å². The van der Waals surface area contributed by atoms with Crippen LogP contribution in [0.3, 0.4) is 0 Å². The van der Waals surface area contributed by atoms with Crippen LogP contribution in [0, 0.1) is 11.3 Å². The number of carbonyl (C=O) groups is 1. The standard InChI is InChI=1S/C16H11N3O2/c17-8-11-1-2-12-4-6-19(15(12)7-11)10-13-9-18-5-3-14(13)16(20)21/h1-7,9H,10H2,(H,20,21). The van der Waals surface area contributed by atoms with Crippen molar-refractivity contribution in [2.45, 2.75) is 6.54 Å². The third kappa shape index (κ3) is 2.35. The first-order chi connectivity index (χ1) is 10.2. The molecule has 1 N–H and O–H groups in total. The average molecular weight is 277 g/mol. The van der Waals surface area contributed by atoms with E-state index in [2.05, 4.69) is 11.1 Å². The molecule has 0 unspecified atom stereocenters.